The fourth-order valence-electron chi connectivity index (χ4n) is 10.4. The molecule has 0 saturated heterocycles. The number of hydrogen-bond acceptors (Lipinski definition) is 2. The maximum absolute atomic E-state index is 2.52. The van der Waals surface area contributed by atoms with Crippen LogP contribution in [0.4, 0.5) is 34.1 Å². The number of para-hydroxylation sites is 3. The number of fused-ring (bicyclic) bond motifs is 9. The summed E-state index contributed by atoms with van der Waals surface area (Å²) in [6.07, 6.45) is 0. The van der Waals surface area contributed by atoms with Gasteiger partial charge in [0, 0.05) is 22.5 Å². The molecular weight excluding hydrogens is 761 g/mol. The van der Waals surface area contributed by atoms with Gasteiger partial charge in [-0.2, -0.15) is 0 Å². The van der Waals surface area contributed by atoms with E-state index in [2.05, 4.69) is 265 Å². The Morgan fingerprint density at radius 1 is 0.302 bits per heavy atom. The maximum atomic E-state index is 2.52. The Hall–Kier alpha value is -8.20. The topological polar surface area (TPSA) is 6.48 Å². The molecule has 0 saturated carbocycles. The Bertz CT molecular complexity index is 3220. The van der Waals surface area contributed by atoms with Crippen LogP contribution in [-0.2, 0) is 5.41 Å². The molecule has 63 heavy (non-hydrogen) atoms. The summed E-state index contributed by atoms with van der Waals surface area (Å²) in [6, 6.07) is 93.4. The third kappa shape index (κ3) is 5.80. The molecule has 0 N–H and O–H groups in total. The zero-order chi connectivity index (χ0) is 41.7. The van der Waals surface area contributed by atoms with Crippen LogP contribution in [0.5, 0.6) is 0 Å². The molecule has 2 aliphatic rings. The first-order valence-electron chi connectivity index (χ1n) is 21.8. The quantitative estimate of drug-likeness (QED) is 0.158. The molecule has 2 nitrogen and oxygen atoms in total. The standard InChI is InChI=1S/C61H42N2/c1-5-20-43(21-6-1)45-36-39-49(40-37-45)63(59-42-47(44-22-7-2-8-23-44)38-41-50(59)46-24-9-3-10-25-46)58-35-19-32-55-60(58)51-28-13-14-29-52(51)61(55)53-30-15-17-33-56(53)62(48-26-11-4-12-27-48)57-34-18-16-31-54(57)61/h1-42H. The van der Waals surface area contributed by atoms with Crippen LogP contribution < -0.4 is 9.80 Å². The van der Waals surface area contributed by atoms with Gasteiger partial charge >= 0.3 is 0 Å². The molecule has 296 valence electrons. The Kier molecular flexibility index (Phi) is 8.76. The van der Waals surface area contributed by atoms with Crippen molar-refractivity contribution in [1.29, 1.82) is 0 Å². The summed E-state index contributed by atoms with van der Waals surface area (Å²) in [6.45, 7) is 0. The van der Waals surface area contributed by atoms with E-state index in [-0.39, 0.29) is 0 Å². The monoisotopic (exact) mass is 802 g/mol. The molecule has 0 atom stereocenters. The third-order valence-corrected chi connectivity index (χ3v) is 13.1. The van der Waals surface area contributed by atoms with Crippen LogP contribution >= 0.6 is 0 Å². The van der Waals surface area contributed by atoms with Gasteiger partial charge in [0.05, 0.1) is 28.2 Å². The number of nitrogens with zero attached hydrogens (tertiary/aromatic N) is 2. The van der Waals surface area contributed by atoms with E-state index in [0.29, 0.717) is 0 Å². The molecule has 10 aromatic carbocycles. The van der Waals surface area contributed by atoms with Crippen molar-refractivity contribution in [3.8, 4) is 44.5 Å². The van der Waals surface area contributed by atoms with Gasteiger partial charge in [-0.15, -0.1) is 0 Å². The minimum Gasteiger partial charge on any atom is -0.310 e. The highest BCUT2D eigenvalue weighted by Crippen LogP contribution is 2.65. The van der Waals surface area contributed by atoms with Gasteiger partial charge in [0.25, 0.3) is 0 Å². The smallest absolute Gasteiger partial charge is 0.0755 e. The average molecular weight is 803 g/mol. The third-order valence-electron chi connectivity index (χ3n) is 13.1. The Morgan fingerprint density at radius 2 is 0.778 bits per heavy atom. The van der Waals surface area contributed by atoms with Gasteiger partial charge in [-0.3, -0.25) is 0 Å². The van der Waals surface area contributed by atoms with Crippen LogP contribution in [0.3, 0.4) is 0 Å². The van der Waals surface area contributed by atoms with Crippen LogP contribution in [0.25, 0.3) is 44.5 Å². The number of hydrogen-bond donors (Lipinski definition) is 0. The summed E-state index contributed by atoms with van der Waals surface area (Å²) in [5, 5.41) is 0. The molecule has 0 bridgehead atoms. The molecule has 1 spiro atoms. The van der Waals surface area contributed by atoms with Gasteiger partial charge in [-0.1, -0.05) is 206 Å². The van der Waals surface area contributed by atoms with Crippen molar-refractivity contribution in [2.24, 2.45) is 0 Å². The summed E-state index contributed by atoms with van der Waals surface area (Å²) in [4.78, 5) is 4.97. The van der Waals surface area contributed by atoms with E-state index in [4.69, 9.17) is 0 Å². The lowest BCUT2D eigenvalue weighted by molar-refractivity contribution is 0.752. The van der Waals surface area contributed by atoms with E-state index in [1.54, 1.807) is 0 Å². The molecule has 2 heteroatoms. The molecule has 12 rings (SSSR count). The summed E-state index contributed by atoms with van der Waals surface area (Å²) < 4.78 is 0. The van der Waals surface area contributed by atoms with Crippen molar-refractivity contribution in [3.63, 3.8) is 0 Å². The van der Waals surface area contributed by atoms with Gasteiger partial charge in [-0.05, 0) is 104 Å². The van der Waals surface area contributed by atoms with Crippen molar-refractivity contribution in [2.45, 2.75) is 5.41 Å². The number of benzene rings is 10. The van der Waals surface area contributed by atoms with Gasteiger partial charge in [0.15, 0.2) is 0 Å². The predicted octanol–water partition coefficient (Wildman–Crippen LogP) is 16.3. The second-order valence-electron chi connectivity index (χ2n) is 16.4. The Labute approximate surface area is 369 Å². The van der Waals surface area contributed by atoms with Crippen molar-refractivity contribution >= 4 is 34.1 Å². The Morgan fingerprint density at radius 3 is 1.41 bits per heavy atom. The predicted molar refractivity (Wildman–Crippen MR) is 263 cm³/mol. The summed E-state index contributed by atoms with van der Waals surface area (Å²) in [7, 11) is 0. The van der Waals surface area contributed by atoms with Crippen LogP contribution in [0.1, 0.15) is 22.3 Å². The summed E-state index contributed by atoms with van der Waals surface area (Å²) in [5.41, 5.74) is 20.9. The van der Waals surface area contributed by atoms with Gasteiger partial charge in [0.1, 0.15) is 0 Å². The highest BCUT2D eigenvalue weighted by atomic mass is 15.2. The van der Waals surface area contributed by atoms with E-state index in [1.165, 1.54) is 67.0 Å². The second kappa shape index (κ2) is 15.1. The molecule has 0 fully saturated rings. The van der Waals surface area contributed by atoms with E-state index in [9.17, 15) is 0 Å². The second-order valence-corrected chi connectivity index (χ2v) is 16.4. The molecule has 0 aromatic heterocycles. The van der Waals surface area contributed by atoms with Gasteiger partial charge in [-0.25, -0.2) is 0 Å². The lowest BCUT2D eigenvalue weighted by atomic mass is 9.64. The molecule has 0 radical (unpaired) electrons. The van der Waals surface area contributed by atoms with Gasteiger partial charge in [0.2, 0.25) is 0 Å². The van der Waals surface area contributed by atoms with Crippen molar-refractivity contribution in [1.82, 2.24) is 0 Å². The van der Waals surface area contributed by atoms with Crippen molar-refractivity contribution in [3.05, 3.63) is 277 Å². The maximum Gasteiger partial charge on any atom is 0.0755 e. The van der Waals surface area contributed by atoms with E-state index in [0.717, 1.165) is 33.9 Å². The first-order valence-corrected chi connectivity index (χ1v) is 21.8. The minimum absolute atomic E-state index is 0.586. The van der Waals surface area contributed by atoms with E-state index >= 15 is 0 Å². The van der Waals surface area contributed by atoms with Crippen LogP contribution in [0.2, 0.25) is 0 Å². The SMILES string of the molecule is c1ccc(-c2ccc(N(c3cc(-c4ccccc4)ccc3-c3ccccc3)c3cccc4c3-c3ccccc3C43c4ccccc4N(c4ccccc4)c4ccccc43)cc2)cc1. The zero-order valence-electron chi connectivity index (χ0n) is 34.6. The van der Waals surface area contributed by atoms with E-state index < -0.39 is 5.41 Å². The molecule has 1 heterocycles. The molecular formula is C61H42N2. The van der Waals surface area contributed by atoms with E-state index in [1.807, 2.05) is 0 Å². The first-order chi connectivity index (χ1) is 31.3. The van der Waals surface area contributed by atoms with Crippen LogP contribution in [0.15, 0.2) is 255 Å². The lowest BCUT2D eigenvalue weighted by Crippen LogP contribution is -2.36. The summed E-state index contributed by atoms with van der Waals surface area (Å²) in [5.74, 6) is 0. The highest BCUT2D eigenvalue weighted by molar-refractivity contribution is 6.03. The fraction of sp³-hybridized carbons (Fsp3) is 0.0164. The molecule has 0 unspecified atom stereocenters. The summed E-state index contributed by atoms with van der Waals surface area (Å²) >= 11 is 0. The van der Waals surface area contributed by atoms with Crippen molar-refractivity contribution in [2.75, 3.05) is 9.80 Å². The average Bonchev–Trinajstić information content (AvgIpc) is 3.67. The van der Waals surface area contributed by atoms with Gasteiger partial charge < -0.3 is 9.80 Å². The Balaban J connectivity index is 1.17. The molecule has 10 aromatic rings. The molecule has 1 aliphatic heterocycles. The van der Waals surface area contributed by atoms with Crippen LogP contribution in [-0.4, -0.2) is 0 Å². The minimum atomic E-state index is -0.586. The lowest BCUT2D eigenvalue weighted by Gasteiger charge is -2.45. The number of rotatable bonds is 7. The van der Waals surface area contributed by atoms with Crippen LogP contribution in [0, 0.1) is 0 Å². The first kappa shape index (κ1) is 36.6. The normalized spacial score (nSPS) is 12.9. The fourth-order valence-corrected chi connectivity index (χ4v) is 10.4. The number of anilines is 6. The highest BCUT2D eigenvalue weighted by Gasteiger charge is 2.52. The van der Waals surface area contributed by atoms with Crippen molar-refractivity contribution < 1.29 is 0 Å². The molecule has 0 amide bonds. The zero-order valence-corrected chi connectivity index (χ0v) is 34.6. The molecule has 1 aliphatic carbocycles. The largest absolute Gasteiger partial charge is 0.310 e.